The van der Waals surface area contributed by atoms with Crippen LogP contribution in [0.5, 0.6) is 0 Å². The molecule has 0 atom stereocenters. The van der Waals surface area contributed by atoms with E-state index in [1.54, 1.807) is 0 Å². The summed E-state index contributed by atoms with van der Waals surface area (Å²) in [5.41, 5.74) is 0.939. The Labute approximate surface area is 93.8 Å². The van der Waals surface area contributed by atoms with Crippen LogP contribution in [-0.2, 0) is 21.0 Å². The number of piperidine rings is 1. The van der Waals surface area contributed by atoms with E-state index in [0.29, 0.717) is 19.3 Å². The van der Waals surface area contributed by atoms with Gasteiger partial charge in [-0.15, -0.1) is 0 Å². The number of benzene rings is 1. The fourth-order valence-electron chi connectivity index (χ4n) is 1.59. The molecule has 1 aliphatic heterocycles. The van der Waals surface area contributed by atoms with Gasteiger partial charge in [-0.25, -0.2) is 0 Å². The average Bonchev–Trinajstić information content (AvgIpc) is 2.30. The van der Waals surface area contributed by atoms with Gasteiger partial charge >= 0.3 is 0 Å². The number of amides is 2. The highest BCUT2D eigenvalue weighted by atomic mass is 16.7. The van der Waals surface area contributed by atoms with Crippen LogP contribution in [0.2, 0.25) is 0 Å². The van der Waals surface area contributed by atoms with Crippen LogP contribution in [0, 0.1) is 0 Å². The third kappa shape index (κ3) is 2.46. The van der Waals surface area contributed by atoms with E-state index in [1.165, 1.54) is 0 Å². The summed E-state index contributed by atoms with van der Waals surface area (Å²) in [7, 11) is 0. The predicted octanol–water partition coefficient (Wildman–Crippen LogP) is 1.66. The summed E-state index contributed by atoms with van der Waals surface area (Å²) in [6.45, 7) is 0.248. The molecule has 0 bridgehead atoms. The Kier molecular flexibility index (Phi) is 3.31. The Morgan fingerprint density at radius 3 is 2.31 bits per heavy atom. The van der Waals surface area contributed by atoms with E-state index in [9.17, 15) is 9.59 Å². The molecule has 1 aliphatic rings. The van der Waals surface area contributed by atoms with Gasteiger partial charge in [-0.05, 0) is 12.0 Å². The van der Waals surface area contributed by atoms with Crippen molar-refractivity contribution in [1.29, 1.82) is 0 Å². The summed E-state index contributed by atoms with van der Waals surface area (Å²) in [5, 5.41) is 0.899. The molecule has 16 heavy (non-hydrogen) atoms. The first-order valence-electron chi connectivity index (χ1n) is 5.30. The summed E-state index contributed by atoms with van der Waals surface area (Å²) >= 11 is 0. The maximum absolute atomic E-state index is 11.4. The van der Waals surface area contributed by atoms with Crippen molar-refractivity contribution in [2.24, 2.45) is 0 Å². The summed E-state index contributed by atoms with van der Waals surface area (Å²) in [6.07, 6.45) is 1.41. The zero-order valence-corrected chi connectivity index (χ0v) is 8.89. The molecular formula is C12H13NO3. The van der Waals surface area contributed by atoms with Crippen LogP contribution < -0.4 is 0 Å². The molecule has 0 N–H and O–H groups in total. The molecule has 2 amide bonds. The first kappa shape index (κ1) is 10.8. The van der Waals surface area contributed by atoms with Crippen LogP contribution >= 0.6 is 0 Å². The minimum Gasteiger partial charge on any atom is -0.272 e. The highest BCUT2D eigenvalue weighted by Gasteiger charge is 2.26. The standard InChI is InChI=1S/C12H13NO3/c14-11-7-4-8-12(15)13(11)16-9-10-5-2-1-3-6-10/h1-3,5-6H,4,7-9H2. The maximum atomic E-state index is 11.4. The van der Waals surface area contributed by atoms with Crippen molar-refractivity contribution >= 4 is 11.8 Å². The van der Waals surface area contributed by atoms with E-state index >= 15 is 0 Å². The normalized spacial score (nSPS) is 16.6. The molecule has 0 unspecified atom stereocenters. The molecule has 0 aromatic heterocycles. The number of hydrogen-bond donors (Lipinski definition) is 0. The molecular weight excluding hydrogens is 206 g/mol. The van der Waals surface area contributed by atoms with Gasteiger partial charge in [0.25, 0.3) is 11.8 Å². The van der Waals surface area contributed by atoms with Crippen molar-refractivity contribution in [2.45, 2.75) is 25.9 Å². The number of imide groups is 1. The number of carbonyl (C=O) groups is 2. The molecule has 0 radical (unpaired) electrons. The summed E-state index contributed by atoms with van der Waals surface area (Å²) in [6, 6.07) is 9.45. The fraction of sp³-hybridized carbons (Fsp3) is 0.333. The zero-order valence-electron chi connectivity index (χ0n) is 8.89. The lowest BCUT2D eigenvalue weighted by Crippen LogP contribution is -2.39. The Morgan fingerprint density at radius 1 is 1.06 bits per heavy atom. The molecule has 0 saturated carbocycles. The second kappa shape index (κ2) is 4.90. The molecule has 1 fully saturated rings. The van der Waals surface area contributed by atoms with Gasteiger partial charge in [0.05, 0.1) is 0 Å². The van der Waals surface area contributed by atoms with Crippen LogP contribution in [0.25, 0.3) is 0 Å². The molecule has 4 nitrogen and oxygen atoms in total. The van der Waals surface area contributed by atoms with Gasteiger partial charge in [-0.3, -0.25) is 14.4 Å². The minimum atomic E-state index is -0.243. The van der Waals surface area contributed by atoms with Crippen LogP contribution in [0.15, 0.2) is 30.3 Å². The number of nitrogens with zero attached hydrogens (tertiary/aromatic N) is 1. The lowest BCUT2D eigenvalue weighted by atomic mass is 10.1. The number of rotatable bonds is 3. The van der Waals surface area contributed by atoms with E-state index in [1.807, 2.05) is 30.3 Å². The molecule has 0 spiro atoms. The van der Waals surface area contributed by atoms with E-state index in [-0.39, 0.29) is 18.4 Å². The van der Waals surface area contributed by atoms with Crippen molar-refractivity contribution in [3.8, 4) is 0 Å². The molecule has 1 saturated heterocycles. The Bertz CT molecular complexity index is 373. The van der Waals surface area contributed by atoms with Crippen molar-refractivity contribution in [3.05, 3.63) is 35.9 Å². The van der Waals surface area contributed by atoms with E-state index in [2.05, 4.69) is 0 Å². The molecule has 84 valence electrons. The van der Waals surface area contributed by atoms with Crippen LogP contribution in [0.1, 0.15) is 24.8 Å². The number of hydroxylamine groups is 2. The average molecular weight is 219 g/mol. The fourth-order valence-corrected chi connectivity index (χ4v) is 1.59. The number of carbonyl (C=O) groups excluding carboxylic acids is 2. The van der Waals surface area contributed by atoms with Crippen LogP contribution in [0.4, 0.5) is 0 Å². The molecule has 2 rings (SSSR count). The van der Waals surface area contributed by atoms with E-state index in [0.717, 1.165) is 10.6 Å². The van der Waals surface area contributed by atoms with Crippen molar-refractivity contribution in [3.63, 3.8) is 0 Å². The summed E-state index contributed by atoms with van der Waals surface area (Å²) < 4.78 is 0. The third-order valence-electron chi connectivity index (χ3n) is 2.44. The van der Waals surface area contributed by atoms with Crippen molar-refractivity contribution in [1.82, 2.24) is 5.06 Å². The first-order chi connectivity index (χ1) is 7.77. The minimum absolute atomic E-state index is 0.243. The zero-order chi connectivity index (χ0) is 11.4. The van der Waals surface area contributed by atoms with Gasteiger partial charge in [0.1, 0.15) is 6.61 Å². The van der Waals surface area contributed by atoms with Gasteiger partial charge < -0.3 is 0 Å². The molecule has 1 aromatic rings. The SMILES string of the molecule is O=C1CCCC(=O)N1OCc1ccccc1. The second-order valence-corrected chi connectivity index (χ2v) is 3.69. The van der Waals surface area contributed by atoms with Gasteiger partial charge in [0.2, 0.25) is 0 Å². The quantitative estimate of drug-likeness (QED) is 0.726. The lowest BCUT2D eigenvalue weighted by Gasteiger charge is -2.23. The van der Waals surface area contributed by atoms with Gasteiger partial charge in [-0.2, -0.15) is 5.06 Å². The monoisotopic (exact) mass is 219 g/mol. The van der Waals surface area contributed by atoms with Crippen molar-refractivity contribution < 1.29 is 14.4 Å². The van der Waals surface area contributed by atoms with Gasteiger partial charge in [0, 0.05) is 12.8 Å². The highest BCUT2D eigenvalue weighted by molar-refractivity contribution is 5.96. The highest BCUT2D eigenvalue weighted by Crippen LogP contribution is 2.14. The Morgan fingerprint density at radius 2 is 1.69 bits per heavy atom. The van der Waals surface area contributed by atoms with E-state index in [4.69, 9.17) is 4.84 Å². The molecule has 1 heterocycles. The lowest BCUT2D eigenvalue weighted by molar-refractivity contribution is -0.202. The Balaban J connectivity index is 1.94. The smallest absolute Gasteiger partial charge is 0.253 e. The Hall–Kier alpha value is -1.68. The van der Waals surface area contributed by atoms with Gasteiger partial charge in [0.15, 0.2) is 0 Å². The molecule has 4 heteroatoms. The van der Waals surface area contributed by atoms with Crippen LogP contribution in [0.3, 0.4) is 0 Å². The predicted molar refractivity (Wildman–Crippen MR) is 56.9 cm³/mol. The molecule has 0 aliphatic carbocycles. The van der Waals surface area contributed by atoms with Gasteiger partial charge in [-0.1, -0.05) is 30.3 Å². The first-order valence-corrected chi connectivity index (χ1v) is 5.30. The molecule has 1 aromatic carbocycles. The number of hydrogen-bond acceptors (Lipinski definition) is 3. The topological polar surface area (TPSA) is 46.6 Å². The largest absolute Gasteiger partial charge is 0.272 e. The van der Waals surface area contributed by atoms with E-state index < -0.39 is 0 Å². The summed E-state index contributed by atoms with van der Waals surface area (Å²) in [5.74, 6) is -0.487. The second-order valence-electron chi connectivity index (χ2n) is 3.69. The summed E-state index contributed by atoms with van der Waals surface area (Å²) in [4.78, 5) is 28.0. The van der Waals surface area contributed by atoms with Crippen molar-refractivity contribution in [2.75, 3.05) is 0 Å². The third-order valence-corrected chi connectivity index (χ3v) is 2.44. The van der Waals surface area contributed by atoms with Crippen LogP contribution in [-0.4, -0.2) is 16.9 Å². The maximum Gasteiger partial charge on any atom is 0.253 e.